The summed E-state index contributed by atoms with van der Waals surface area (Å²) in [7, 11) is 0. The van der Waals surface area contributed by atoms with Gasteiger partial charge in [0.1, 0.15) is 11.3 Å². The Bertz CT molecular complexity index is 1470. The molecule has 3 aliphatic rings. The molecule has 1 aromatic carbocycles. The van der Waals surface area contributed by atoms with Crippen LogP contribution in [0.15, 0.2) is 73.0 Å². The number of imidazole rings is 1. The number of benzene rings is 1. The predicted octanol–water partition coefficient (Wildman–Crippen LogP) is 4.98. The summed E-state index contributed by atoms with van der Waals surface area (Å²) in [6, 6.07) is 18.0. The van der Waals surface area contributed by atoms with E-state index in [0.717, 1.165) is 65.6 Å². The minimum Gasteiger partial charge on any atom is -0.383 e. The summed E-state index contributed by atoms with van der Waals surface area (Å²) >= 11 is 0. The van der Waals surface area contributed by atoms with Crippen LogP contribution in [-0.4, -0.2) is 49.6 Å². The number of nitrogen functional groups attached to an aromatic ring is 1. The van der Waals surface area contributed by atoms with E-state index in [0.29, 0.717) is 17.9 Å². The van der Waals surface area contributed by atoms with E-state index in [1.165, 1.54) is 12.0 Å². The first-order valence-corrected chi connectivity index (χ1v) is 13.1. The largest absolute Gasteiger partial charge is 0.383 e. The van der Waals surface area contributed by atoms with Crippen LogP contribution in [-0.2, 0) is 6.54 Å². The second-order valence-corrected chi connectivity index (χ2v) is 9.97. The van der Waals surface area contributed by atoms with Gasteiger partial charge in [0.25, 0.3) is 0 Å². The maximum atomic E-state index is 6.31. The number of aromatic nitrogens is 4. The highest BCUT2D eigenvalue weighted by Crippen LogP contribution is 2.31. The summed E-state index contributed by atoms with van der Waals surface area (Å²) in [5.41, 5.74) is 13.1. The number of hydrogen-bond acceptors (Lipinski definition) is 6. The molecule has 3 aliphatic heterocycles. The third kappa shape index (κ3) is 4.56. The highest BCUT2D eigenvalue weighted by atomic mass is 15.3. The number of pyridine rings is 2. The van der Waals surface area contributed by atoms with E-state index in [1.807, 2.05) is 37.3 Å². The molecule has 0 aliphatic carbocycles. The van der Waals surface area contributed by atoms with Crippen LogP contribution in [0.4, 0.5) is 5.82 Å². The lowest BCUT2D eigenvalue weighted by molar-refractivity contribution is 0.0726. The van der Waals surface area contributed by atoms with Crippen LogP contribution in [0.2, 0.25) is 0 Å². The smallest absolute Gasteiger partial charge is 0.165 e. The molecule has 2 atom stereocenters. The SMILES string of the molecule is C/C=C\C(=C/CC)c1ccc2nc(-c3cccnc3N)n(-c3ccc(CN4CC5CC(C4)N5)cc3)c2n1. The van der Waals surface area contributed by atoms with Crippen molar-refractivity contribution in [1.29, 1.82) is 0 Å². The Labute approximate surface area is 217 Å². The van der Waals surface area contributed by atoms with E-state index in [2.05, 4.69) is 63.1 Å². The Morgan fingerprint density at radius 3 is 2.57 bits per heavy atom. The van der Waals surface area contributed by atoms with E-state index in [4.69, 9.17) is 15.7 Å². The number of nitrogens with one attached hydrogen (secondary N) is 1. The molecule has 3 aromatic heterocycles. The van der Waals surface area contributed by atoms with Crippen LogP contribution in [0.5, 0.6) is 0 Å². The first kappa shape index (κ1) is 23.6. The maximum Gasteiger partial charge on any atom is 0.165 e. The number of fused-ring (bicyclic) bond motifs is 3. The van der Waals surface area contributed by atoms with Gasteiger partial charge in [0.15, 0.2) is 11.5 Å². The molecule has 0 spiro atoms. The van der Waals surface area contributed by atoms with Crippen molar-refractivity contribution >= 4 is 22.6 Å². The molecule has 3 saturated heterocycles. The van der Waals surface area contributed by atoms with Gasteiger partial charge in [-0.1, -0.05) is 37.3 Å². The molecule has 7 heteroatoms. The number of allylic oxidation sites excluding steroid dienone is 4. The van der Waals surface area contributed by atoms with Gasteiger partial charge in [-0.3, -0.25) is 9.47 Å². The van der Waals surface area contributed by atoms with Gasteiger partial charge < -0.3 is 11.1 Å². The molecule has 0 amide bonds. The first-order valence-electron chi connectivity index (χ1n) is 13.1. The Hall–Kier alpha value is -3.81. The van der Waals surface area contributed by atoms with Gasteiger partial charge in [-0.25, -0.2) is 15.0 Å². The van der Waals surface area contributed by atoms with Gasteiger partial charge >= 0.3 is 0 Å². The molecular weight excluding hydrogens is 458 g/mol. The van der Waals surface area contributed by atoms with Crippen LogP contribution in [0.1, 0.15) is 37.9 Å². The van der Waals surface area contributed by atoms with Crippen LogP contribution in [0.25, 0.3) is 33.8 Å². The number of nitrogens with zero attached hydrogens (tertiary/aromatic N) is 5. The summed E-state index contributed by atoms with van der Waals surface area (Å²) in [6.07, 6.45) is 10.3. The average molecular weight is 492 g/mol. The highest BCUT2D eigenvalue weighted by molar-refractivity contribution is 5.85. The van der Waals surface area contributed by atoms with E-state index in [1.54, 1.807) is 6.20 Å². The molecule has 7 nitrogen and oxygen atoms in total. The first-order chi connectivity index (χ1) is 18.1. The zero-order chi connectivity index (χ0) is 25.4. The molecule has 3 fully saturated rings. The third-order valence-corrected chi connectivity index (χ3v) is 7.25. The van der Waals surface area contributed by atoms with Gasteiger partial charge in [-0.2, -0.15) is 0 Å². The van der Waals surface area contributed by atoms with Gasteiger partial charge in [-0.15, -0.1) is 0 Å². The Morgan fingerprint density at radius 1 is 1.08 bits per heavy atom. The number of rotatable bonds is 7. The van der Waals surface area contributed by atoms with Gasteiger partial charge in [0.2, 0.25) is 0 Å². The maximum absolute atomic E-state index is 6.31. The molecule has 188 valence electrons. The predicted molar refractivity (Wildman–Crippen MR) is 150 cm³/mol. The Kier molecular flexibility index (Phi) is 6.32. The lowest BCUT2D eigenvalue weighted by atomic mass is 9.91. The fourth-order valence-electron chi connectivity index (χ4n) is 5.55. The second-order valence-electron chi connectivity index (χ2n) is 9.97. The second kappa shape index (κ2) is 9.92. The highest BCUT2D eigenvalue weighted by Gasteiger charge is 2.36. The molecule has 37 heavy (non-hydrogen) atoms. The zero-order valence-electron chi connectivity index (χ0n) is 21.4. The number of piperidine rings is 1. The van der Waals surface area contributed by atoms with Crippen LogP contribution >= 0.6 is 0 Å². The molecule has 4 aromatic rings. The van der Waals surface area contributed by atoms with Crippen molar-refractivity contribution in [3.8, 4) is 17.1 Å². The third-order valence-electron chi connectivity index (χ3n) is 7.25. The van der Waals surface area contributed by atoms with Gasteiger partial charge in [-0.05, 0) is 67.3 Å². The standard InChI is InChI=1S/C30H33N7/c1-3-6-21(7-4-2)26-13-14-27-30(34-26)37(29(35-27)25-8-5-15-32-28(25)31)24-11-9-20(10-12-24)17-36-18-22-16-23(19-36)33-22/h3,5-15,22-23,33H,4,16-19H2,1-2H3,(H2,31,32)/b6-3-,21-7+. The summed E-state index contributed by atoms with van der Waals surface area (Å²) in [6.45, 7) is 7.39. The van der Waals surface area contributed by atoms with Crippen molar-refractivity contribution in [1.82, 2.24) is 29.7 Å². The normalized spacial score (nSPS) is 20.0. The lowest BCUT2D eigenvalue weighted by Crippen LogP contribution is -2.66. The molecule has 2 unspecified atom stereocenters. The molecule has 2 bridgehead atoms. The molecule has 0 radical (unpaired) electrons. The van der Waals surface area contributed by atoms with Crippen molar-refractivity contribution in [2.24, 2.45) is 0 Å². The molecule has 6 heterocycles. The summed E-state index contributed by atoms with van der Waals surface area (Å²) in [5, 5.41) is 3.61. The zero-order valence-corrected chi connectivity index (χ0v) is 21.4. The summed E-state index contributed by atoms with van der Waals surface area (Å²) < 4.78 is 2.11. The minimum absolute atomic E-state index is 0.452. The fourth-order valence-corrected chi connectivity index (χ4v) is 5.55. The van der Waals surface area contributed by atoms with Crippen molar-refractivity contribution in [3.05, 3.63) is 84.2 Å². The average Bonchev–Trinajstić information content (AvgIpc) is 3.27. The van der Waals surface area contributed by atoms with E-state index in [-0.39, 0.29) is 0 Å². The van der Waals surface area contributed by atoms with Crippen LogP contribution in [0.3, 0.4) is 0 Å². The van der Waals surface area contributed by atoms with Crippen molar-refractivity contribution in [3.63, 3.8) is 0 Å². The lowest BCUT2D eigenvalue weighted by Gasteiger charge is -2.48. The van der Waals surface area contributed by atoms with E-state index in [9.17, 15) is 0 Å². The van der Waals surface area contributed by atoms with Crippen molar-refractivity contribution in [2.75, 3.05) is 18.8 Å². The monoisotopic (exact) mass is 491 g/mol. The molecular formula is C30H33N7. The van der Waals surface area contributed by atoms with Crippen LogP contribution < -0.4 is 11.1 Å². The topological polar surface area (TPSA) is 84.9 Å². The molecule has 3 N–H and O–H groups in total. The Morgan fingerprint density at radius 2 is 1.86 bits per heavy atom. The number of anilines is 1. The quantitative estimate of drug-likeness (QED) is 0.355. The number of nitrogens with two attached hydrogens (primary N) is 1. The molecule has 7 rings (SSSR count). The fraction of sp³-hybridized carbons (Fsp3) is 0.300. The van der Waals surface area contributed by atoms with Crippen molar-refractivity contribution in [2.45, 2.75) is 45.3 Å². The Balaban J connectivity index is 1.43. The molecule has 0 saturated carbocycles. The number of piperazine rings is 1. The van der Waals surface area contributed by atoms with Gasteiger partial charge in [0.05, 0.1) is 11.3 Å². The van der Waals surface area contributed by atoms with Crippen molar-refractivity contribution < 1.29 is 0 Å². The summed E-state index contributed by atoms with van der Waals surface area (Å²) in [4.78, 5) is 16.9. The summed E-state index contributed by atoms with van der Waals surface area (Å²) in [5.74, 6) is 1.20. The number of hydrogen-bond donors (Lipinski definition) is 2. The van der Waals surface area contributed by atoms with Crippen LogP contribution in [0, 0.1) is 0 Å². The minimum atomic E-state index is 0.452. The van der Waals surface area contributed by atoms with E-state index < -0.39 is 0 Å². The van der Waals surface area contributed by atoms with E-state index >= 15 is 0 Å². The van der Waals surface area contributed by atoms with Gasteiger partial charge in [0, 0.05) is 43.6 Å².